The average molecular weight is 417 g/mol. The first-order valence-corrected chi connectivity index (χ1v) is 10.2. The molecule has 0 spiro atoms. The number of hydrogen-bond acceptors (Lipinski definition) is 6. The van der Waals surface area contributed by atoms with E-state index < -0.39 is 4.92 Å². The number of aromatic nitrogens is 2. The summed E-state index contributed by atoms with van der Waals surface area (Å²) in [6.45, 7) is 3.42. The maximum atomic E-state index is 12.7. The van der Waals surface area contributed by atoms with Crippen LogP contribution in [0.3, 0.4) is 0 Å². The highest BCUT2D eigenvalue weighted by Crippen LogP contribution is 2.26. The van der Waals surface area contributed by atoms with Crippen molar-refractivity contribution in [2.24, 2.45) is 5.92 Å². The molecule has 2 aromatic carbocycles. The highest BCUT2D eigenvalue weighted by molar-refractivity contribution is 5.93. The van der Waals surface area contributed by atoms with Gasteiger partial charge < -0.3 is 10.2 Å². The van der Waals surface area contributed by atoms with Crippen molar-refractivity contribution in [2.45, 2.75) is 19.8 Å². The molecule has 1 fully saturated rings. The Balaban J connectivity index is 1.41. The van der Waals surface area contributed by atoms with E-state index in [9.17, 15) is 14.9 Å². The first-order valence-electron chi connectivity index (χ1n) is 10.2. The predicted octanol–water partition coefficient (Wildman–Crippen LogP) is 4.22. The number of anilines is 2. The van der Waals surface area contributed by atoms with Crippen LogP contribution in [0, 0.1) is 23.0 Å². The molecule has 0 aliphatic carbocycles. The Morgan fingerprint density at radius 2 is 1.87 bits per heavy atom. The lowest BCUT2D eigenvalue weighted by Gasteiger charge is -2.32. The molecule has 31 heavy (non-hydrogen) atoms. The van der Waals surface area contributed by atoms with E-state index in [1.807, 2.05) is 43.3 Å². The lowest BCUT2D eigenvalue weighted by molar-refractivity contribution is -0.384. The van der Waals surface area contributed by atoms with E-state index in [1.54, 1.807) is 12.1 Å². The van der Waals surface area contributed by atoms with E-state index in [-0.39, 0.29) is 17.5 Å². The Morgan fingerprint density at radius 3 is 2.55 bits per heavy atom. The lowest BCUT2D eigenvalue weighted by atomic mass is 9.97. The molecule has 1 aliphatic heterocycles. The van der Waals surface area contributed by atoms with Gasteiger partial charge in [-0.1, -0.05) is 24.3 Å². The number of hydrogen-bond donors (Lipinski definition) is 1. The van der Waals surface area contributed by atoms with Crippen molar-refractivity contribution in [2.75, 3.05) is 23.3 Å². The van der Waals surface area contributed by atoms with E-state index in [0.717, 1.165) is 42.0 Å². The van der Waals surface area contributed by atoms with Crippen molar-refractivity contribution in [1.82, 2.24) is 10.2 Å². The fourth-order valence-electron chi connectivity index (χ4n) is 3.81. The largest absolute Gasteiger partial charge is 0.354 e. The van der Waals surface area contributed by atoms with Crippen molar-refractivity contribution in [3.63, 3.8) is 0 Å². The molecule has 1 unspecified atom stereocenters. The summed E-state index contributed by atoms with van der Waals surface area (Å²) in [5.74, 6) is 0.468. The second-order valence-corrected chi connectivity index (χ2v) is 7.67. The molecule has 2 heterocycles. The van der Waals surface area contributed by atoms with Crippen LogP contribution in [0.2, 0.25) is 0 Å². The van der Waals surface area contributed by atoms with Crippen LogP contribution >= 0.6 is 0 Å². The van der Waals surface area contributed by atoms with Gasteiger partial charge in [-0.3, -0.25) is 14.9 Å². The SMILES string of the molecule is Cc1ccccc1-c1ccc(N2CCCC(C(=O)Nc3ccc([N+](=O)[O-])cc3)C2)nn1. The number of nitrogens with one attached hydrogen (secondary N) is 1. The standard InChI is InChI=1S/C23H23N5O3/c1-16-5-2-3-7-20(16)21-12-13-22(26-25-21)27-14-4-6-17(15-27)23(29)24-18-8-10-19(11-9-18)28(30)31/h2-3,5,7-13,17H,4,6,14-15H2,1H3,(H,24,29). The van der Waals surface area contributed by atoms with E-state index >= 15 is 0 Å². The molecule has 3 aromatic rings. The van der Waals surface area contributed by atoms with Crippen LogP contribution in [0.4, 0.5) is 17.2 Å². The monoisotopic (exact) mass is 417 g/mol. The third-order valence-corrected chi connectivity index (χ3v) is 5.53. The Morgan fingerprint density at radius 1 is 1.10 bits per heavy atom. The number of carbonyl (C=O) groups excluding carboxylic acids is 1. The Bertz CT molecular complexity index is 1080. The van der Waals surface area contributed by atoms with Crippen molar-refractivity contribution in [3.05, 3.63) is 76.3 Å². The second-order valence-electron chi connectivity index (χ2n) is 7.67. The molecule has 8 nitrogen and oxygen atoms in total. The van der Waals surface area contributed by atoms with Crippen LogP contribution in [-0.4, -0.2) is 34.1 Å². The van der Waals surface area contributed by atoms with Gasteiger partial charge in [0.1, 0.15) is 0 Å². The first-order chi connectivity index (χ1) is 15.0. The second kappa shape index (κ2) is 8.91. The molecule has 1 saturated heterocycles. The normalized spacial score (nSPS) is 16.0. The first kappa shape index (κ1) is 20.5. The van der Waals surface area contributed by atoms with E-state index in [0.29, 0.717) is 12.2 Å². The number of non-ortho nitro benzene ring substituents is 1. The number of nitrogens with zero attached hydrogens (tertiary/aromatic N) is 4. The zero-order valence-corrected chi connectivity index (χ0v) is 17.2. The van der Waals surface area contributed by atoms with Crippen LogP contribution in [0.5, 0.6) is 0 Å². The molecular weight excluding hydrogens is 394 g/mol. The topological polar surface area (TPSA) is 101 Å². The Labute approximate surface area is 180 Å². The Kier molecular flexibility index (Phi) is 5.88. The van der Waals surface area contributed by atoms with Crippen molar-refractivity contribution < 1.29 is 9.72 Å². The minimum absolute atomic E-state index is 0.00504. The number of amides is 1. The van der Waals surface area contributed by atoms with Gasteiger partial charge in [-0.05, 0) is 49.6 Å². The summed E-state index contributed by atoms with van der Waals surface area (Å²) in [6.07, 6.45) is 1.66. The summed E-state index contributed by atoms with van der Waals surface area (Å²) >= 11 is 0. The average Bonchev–Trinajstić information content (AvgIpc) is 2.80. The molecule has 1 atom stereocenters. The van der Waals surface area contributed by atoms with Crippen LogP contribution in [0.1, 0.15) is 18.4 Å². The summed E-state index contributed by atoms with van der Waals surface area (Å²) in [4.78, 5) is 25.1. The molecule has 1 amide bonds. The van der Waals surface area contributed by atoms with Gasteiger partial charge in [0.05, 0.1) is 16.5 Å². The summed E-state index contributed by atoms with van der Waals surface area (Å²) < 4.78 is 0. The van der Waals surface area contributed by atoms with Gasteiger partial charge in [-0.25, -0.2) is 0 Å². The van der Waals surface area contributed by atoms with E-state index in [2.05, 4.69) is 20.4 Å². The van der Waals surface area contributed by atoms with Gasteiger partial charge in [0, 0.05) is 36.5 Å². The number of piperidine rings is 1. The summed E-state index contributed by atoms with van der Waals surface area (Å²) in [5, 5.41) is 22.4. The van der Waals surface area contributed by atoms with Gasteiger partial charge in [0.2, 0.25) is 5.91 Å². The van der Waals surface area contributed by atoms with Crippen LogP contribution in [0.25, 0.3) is 11.3 Å². The fourth-order valence-corrected chi connectivity index (χ4v) is 3.81. The maximum absolute atomic E-state index is 12.7. The molecule has 4 rings (SSSR count). The third-order valence-electron chi connectivity index (χ3n) is 5.53. The number of nitro benzene ring substituents is 1. The predicted molar refractivity (Wildman–Crippen MR) is 119 cm³/mol. The minimum atomic E-state index is -0.462. The molecule has 158 valence electrons. The van der Waals surface area contributed by atoms with Gasteiger partial charge in [0.15, 0.2) is 5.82 Å². The van der Waals surface area contributed by atoms with E-state index in [4.69, 9.17) is 0 Å². The van der Waals surface area contributed by atoms with E-state index in [1.165, 1.54) is 12.1 Å². The summed E-state index contributed by atoms with van der Waals surface area (Å²) in [7, 11) is 0. The summed E-state index contributed by atoms with van der Waals surface area (Å²) in [5.41, 5.74) is 3.57. The van der Waals surface area contributed by atoms with Crippen LogP contribution in [-0.2, 0) is 4.79 Å². The van der Waals surface area contributed by atoms with Crippen LogP contribution < -0.4 is 10.2 Å². The lowest BCUT2D eigenvalue weighted by Crippen LogP contribution is -2.41. The third kappa shape index (κ3) is 4.69. The quantitative estimate of drug-likeness (QED) is 0.493. The number of carbonyl (C=O) groups is 1. The number of rotatable bonds is 5. The fraction of sp³-hybridized carbons (Fsp3) is 0.261. The molecule has 1 aromatic heterocycles. The molecule has 0 radical (unpaired) electrons. The van der Waals surface area contributed by atoms with Crippen molar-refractivity contribution in [1.29, 1.82) is 0 Å². The summed E-state index contributed by atoms with van der Waals surface area (Å²) in [6, 6.07) is 17.8. The van der Waals surface area contributed by atoms with Crippen molar-refractivity contribution in [3.8, 4) is 11.3 Å². The smallest absolute Gasteiger partial charge is 0.269 e. The molecule has 1 N–H and O–H groups in total. The highest BCUT2D eigenvalue weighted by Gasteiger charge is 2.27. The molecule has 0 saturated carbocycles. The number of aryl methyl sites for hydroxylation is 1. The zero-order valence-electron chi connectivity index (χ0n) is 17.2. The molecule has 0 bridgehead atoms. The molecule has 1 aliphatic rings. The van der Waals surface area contributed by atoms with Gasteiger partial charge >= 0.3 is 0 Å². The minimum Gasteiger partial charge on any atom is -0.354 e. The number of benzene rings is 2. The number of nitro groups is 1. The molecular formula is C23H23N5O3. The van der Waals surface area contributed by atoms with Gasteiger partial charge in [-0.2, -0.15) is 0 Å². The van der Waals surface area contributed by atoms with Crippen molar-refractivity contribution >= 4 is 23.1 Å². The Hall–Kier alpha value is -3.81. The van der Waals surface area contributed by atoms with Gasteiger partial charge in [0.25, 0.3) is 5.69 Å². The maximum Gasteiger partial charge on any atom is 0.269 e. The zero-order chi connectivity index (χ0) is 21.8. The molecule has 8 heteroatoms. The highest BCUT2D eigenvalue weighted by atomic mass is 16.6. The van der Waals surface area contributed by atoms with Gasteiger partial charge in [-0.15, -0.1) is 10.2 Å². The van der Waals surface area contributed by atoms with Crippen LogP contribution in [0.15, 0.2) is 60.7 Å².